The van der Waals surface area contributed by atoms with Gasteiger partial charge in [0.15, 0.2) is 11.6 Å². The minimum Gasteiger partial charge on any atom is -0.365 e. The Kier molecular flexibility index (Phi) is 5.46. The molecule has 2 atom stereocenters. The zero-order valence-corrected chi connectivity index (χ0v) is 14.7. The molecule has 1 saturated carbocycles. The van der Waals surface area contributed by atoms with Crippen molar-refractivity contribution in [2.24, 2.45) is 0 Å². The van der Waals surface area contributed by atoms with Gasteiger partial charge in [0.1, 0.15) is 16.1 Å². The molecular formula is C16H15ClFN5OS. The third-order valence-electron chi connectivity index (χ3n) is 4.06. The zero-order valence-electron chi connectivity index (χ0n) is 13.1. The maximum absolute atomic E-state index is 14.1. The second kappa shape index (κ2) is 7.76. The predicted octanol–water partition coefficient (Wildman–Crippen LogP) is 3.36. The van der Waals surface area contributed by atoms with Gasteiger partial charge < -0.3 is 10.6 Å². The third kappa shape index (κ3) is 4.24. The standard InChI is InChI=1S/C16H15ClFN5OS/c17-14-9(6-19)4-12(18)15(23-14)21-10-2-1-3-11(5-10)22-16(24)13-7-20-8-25-13/h4,7-8,10-11H,1-3,5H2,(H,21,23)(H,22,24). The number of hydrogen-bond donors (Lipinski definition) is 2. The SMILES string of the molecule is N#Cc1cc(F)c(NC2CCCC(NC(=O)c3cncs3)C2)nc1Cl. The Bertz CT molecular complexity index is 808. The molecule has 1 fully saturated rings. The van der Waals surface area contributed by atoms with E-state index in [1.165, 1.54) is 17.5 Å². The van der Waals surface area contributed by atoms with E-state index in [2.05, 4.69) is 20.6 Å². The van der Waals surface area contributed by atoms with E-state index < -0.39 is 5.82 Å². The van der Waals surface area contributed by atoms with E-state index in [1.54, 1.807) is 11.6 Å². The fraction of sp³-hybridized carbons (Fsp3) is 0.375. The van der Waals surface area contributed by atoms with Gasteiger partial charge >= 0.3 is 0 Å². The average molecular weight is 380 g/mol. The first-order valence-corrected chi connectivity index (χ1v) is 9.04. The van der Waals surface area contributed by atoms with Crippen LogP contribution in [-0.4, -0.2) is 28.0 Å². The number of rotatable bonds is 4. The number of pyridine rings is 1. The first kappa shape index (κ1) is 17.6. The largest absolute Gasteiger partial charge is 0.365 e. The molecule has 0 bridgehead atoms. The molecule has 0 aliphatic heterocycles. The number of amides is 1. The van der Waals surface area contributed by atoms with E-state index in [0.717, 1.165) is 25.3 Å². The molecule has 0 aromatic carbocycles. The van der Waals surface area contributed by atoms with Crippen LogP contribution in [0.25, 0.3) is 0 Å². The number of carbonyl (C=O) groups excluding carboxylic acids is 1. The molecule has 130 valence electrons. The van der Waals surface area contributed by atoms with Crippen LogP contribution in [-0.2, 0) is 0 Å². The Morgan fingerprint density at radius 3 is 2.96 bits per heavy atom. The van der Waals surface area contributed by atoms with Gasteiger partial charge in [-0.3, -0.25) is 9.78 Å². The van der Waals surface area contributed by atoms with Crippen LogP contribution in [0.2, 0.25) is 5.15 Å². The highest BCUT2D eigenvalue weighted by atomic mass is 35.5. The maximum Gasteiger partial charge on any atom is 0.263 e. The Labute approximate surface area is 153 Å². The molecule has 25 heavy (non-hydrogen) atoms. The lowest BCUT2D eigenvalue weighted by molar-refractivity contribution is 0.0930. The van der Waals surface area contributed by atoms with E-state index in [9.17, 15) is 9.18 Å². The summed E-state index contributed by atoms with van der Waals surface area (Å²) in [5.41, 5.74) is 1.62. The van der Waals surface area contributed by atoms with Gasteiger partial charge in [-0.2, -0.15) is 5.26 Å². The maximum atomic E-state index is 14.1. The van der Waals surface area contributed by atoms with Crippen molar-refractivity contribution in [3.05, 3.63) is 39.2 Å². The van der Waals surface area contributed by atoms with Gasteiger partial charge in [-0.25, -0.2) is 9.37 Å². The number of nitrogens with zero attached hydrogens (tertiary/aromatic N) is 3. The molecule has 1 amide bonds. The fourth-order valence-corrected chi connectivity index (χ4v) is 3.58. The number of thiazole rings is 1. The van der Waals surface area contributed by atoms with Gasteiger partial charge in [-0.1, -0.05) is 11.6 Å². The van der Waals surface area contributed by atoms with Crippen LogP contribution in [0.3, 0.4) is 0 Å². The van der Waals surface area contributed by atoms with Crippen LogP contribution in [0.15, 0.2) is 17.8 Å². The Hall–Kier alpha value is -2.24. The number of halogens is 2. The molecule has 1 aliphatic carbocycles. The van der Waals surface area contributed by atoms with Gasteiger partial charge in [0.25, 0.3) is 5.91 Å². The van der Waals surface area contributed by atoms with E-state index in [4.69, 9.17) is 16.9 Å². The average Bonchev–Trinajstić information content (AvgIpc) is 3.13. The summed E-state index contributed by atoms with van der Waals surface area (Å²) < 4.78 is 14.1. The first-order chi connectivity index (χ1) is 12.1. The number of nitrogens with one attached hydrogen (secondary N) is 2. The van der Waals surface area contributed by atoms with Gasteiger partial charge in [-0.05, 0) is 31.7 Å². The highest BCUT2D eigenvalue weighted by molar-refractivity contribution is 7.11. The molecule has 2 heterocycles. The van der Waals surface area contributed by atoms with Crippen LogP contribution in [0.1, 0.15) is 40.9 Å². The van der Waals surface area contributed by atoms with Gasteiger partial charge in [0.05, 0.1) is 17.3 Å². The van der Waals surface area contributed by atoms with Crippen LogP contribution in [0.5, 0.6) is 0 Å². The molecule has 0 saturated heterocycles. The van der Waals surface area contributed by atoms with Crippen LogP contribution in [0.4, 0.5) is 10.2 Å². The lowest BCUT2D eigenvalue weighted by Crippen LogP contribution is -2.41. The Morgan fingerprint density at radius 2 is 2.24 bits per heavy atom. The van der Waals surface area contributed by atoms with Crippen molar-refractivity contribution < 1.29 is 9.18 Å². The molecule has 9 heteroatoms. The summed E-state index contributed by atoms with van der Waals surface area (Å²) >= 11 is 7.16. The molecular weight excluding hydrogens is 365 g/mol. The summed E-state index contributed by atoms with van der Waals surface area (Å²) in [5.74, 6) is -0.723. The fourth-order valence-electron chi connectivity index (χ4n) is 2.88. The summed E-state index contributed by atoms with van der Waals surface area (Å²) in [5, 5.41) is 14.8. The number of aromatic nitrogens is 2. The van der Waals surface area contributed by atoms with Gasteiger partial charge in [0, 0.05) is 12.1 Å². The highest BCUT2D eigenvalue weighted by Crippen LogP contribution is 2.25. The number of anilines is 1. The van der Waals surface area contributed by atoms with Crippen LogP contribution in [0, 0.1) is 17.1 Å². The van der Waals surface area contributed by atoms with Crippen molar-refractivity contribution in [2.75, 3.05) is 5.32 Å². The summed E-state index contributed by atoms with van der Waals surface area (Å²) in [6, 6.07) is 2.83. The lowest BCUT2D eigenvalue weighted by Gasteiger charge is -2.30. The number of carbonyl (C=O) groups is 1. The summed E-state index contributed by atoms with van der Waals surface area (Å²) in [6.45, 7) is 0. The number of nitriles is 1. The van der Waals surface area contributed by atoms with Crippen molar-refractivity contribution in [2.45, 2.75) is 37.8 Å². The monoisotopic (exact) mass is 379 g/mol. The molecule has 0 spiro atoms. The Balaban J connectivity index is 1.63. The van der Waals surface area contributed by atoms with E-state index >= 15 is 0 Å². The van der Waals surface area contributed by atoms with Crippen molar-refractivity contribution in [1.82, 2.24) is 15.3 Å². The molecule has 2 N–H and O–H groups in total. The van der Waals surface area contributed by atoms with Crippen LogP contribution < -0.4 is 10.6 Å². The summed E-state index contributed by atoms with van der Waals surface area (Å²) in [6.07, 6.45) is 4.80. The van der Waals surface area contributed by atoms with E-state index in [-0.39, 0.29) is 34.5 Å². The van der Waals surface area contributed by atoms with Crippen molar-refractivity contribution in [1.29, 1.82) is 5.26 Å². The highest BCUT2D eigenvalue weighted by Gasteiger charge is 2.25. The second-order valence-corrected chi connectivity index (χ2v) is 7.06. The normalized spacial score (nSPS) is 19.9. The molecule has 6 nitrogen and oxygen atoms in total. The Morgan fingerprint density at radius 1 is 1.44 bits per heavy atom. The second-order valence-electron chi connectivity index (χ2n) is 5.81. The molecule has 2 aromatic rings. The van der Waals surface area contributed by atoms with Crippen molar-refractivity contribution in [3.63, 3.8) is 0 Å². The predicted molar refractivity (Wildman–Crippen MR) is 93.2 cm³/mol. The van der Waals surface area contributed by atoms with Crippen molar-refractivity contribution in [3.8, 4) is 6.07 Å². The topological polar surface area (TPSA) is 90.7 Å². The molecule has 0 radical (unpaired) electrons. The zero-order chi connectivity index (χ0) is 17.8. The molecule has 2 aromatic heterocycles. The minimum absolute atomic E-state index is 0.00207. The lowest BCUT2D eigenvalue weighted by atomic mass is 9.91. The number of hydrogen-bond acceptors (Lipinski definition) is 6. The summed E-state index contributed by atoms with van der Waals surface area (Å²) in [7, 11) is 0. The van der Waals surface area contributed by atoms with Gasteiger partial charge in [-0.15, -0.1) is 11.3 Å². The molecule has 1 aliphatic rings. The summed E-state index contributed by atoms with van der Waals surface area (Å²) in [4.78, 5) is 20.5. The quantitative estimate of drug-likeness (QED) is 0.795. The van der Waals surface area contributed by atoms with E-state index in [1.807, 2.05) is 0 Å². The third-order valence-corrected chi connectivity index (χ3v) is 5.12. The molecule has 3 rings (SSSR count). The van der Waals surface area contributed by atoms with Crippen molar-refractivity contribution >= 4 is 34.7 Å². The minimum atomic E-state index is -0.614. The van der Waals surface area contributed by atoms with E-state index in [0.29, 0.717) is 11.3 Å². The van der Waals surface area contributed by atoms with Gasteiger partial charge in [0.2, 0.25) is 0 Å². The molecule has 2 unspecified atom stereocenters. The first-order valence-electron chi connectivity index (χ1n) is 7.79. The smallest absolute Gasteiger partial charge is 0.263 e. The van der Waals surface area contributed by atoms with Crippen LogP contribution >= 0.6 is 22.9 Å².